The van der Waals surface area contributed by atoms with Crippen molar-refractivity contribution in [2.75, 3.05) is 11.4 Å². The standard InChI is InChI=1S/C39H39NS.C13H12/c1-6-18-35-32(7-2)34-24-13-8-10-19-30(20-14-16-25-36(34)39(35,4)5)38-27-28-40(31-21-11-9-12-22-31)37-26-17-15-23-33(37)29(3)41-38;1-11-7-9-13(10-8-11)12-5-3-2-4-6-12/h6-27,34,36H,2-3,28H2,1,4-5H3;2-10H,1H3/b10-8+,18-6-,20-14-,24-13-,25-16+,30-19+,38-27-;. The molecule has 1 nitrogen and oxygen atoms in total. The molecule has 4 aromatic carbocycles. The highest BCUT2D eigenvalue weighted by molar-refractivity contribution is 8.12. The molecule has 2 heteroatoms. The van der Waals surface area contributed by atoms with Crippen LogP contribution in [-0.2, 0) is 0 Å². The summed E-state index contributed by atoms with van der Waals surface area (Å²) in [5.41, 5.74) is 11.3. The van der Waals surface area contributed by atoms with Crippen LogP contribution < -0.4 is 4.90 Å². The fraction of sp³-hybridized carbons (Fsp3) is 0.154. The summed E-state index contributed by atoms with van der Waals surface area (Å²) in [5.74, 6) is 0.635. The molecule has 2 aliphatic carbocycles. The van der Waals surface area contributed by atoms with E-state index in [0.717, 1.165) is 11.4 Å². The van der Waals surface area contributed by atoms with Gasteiger partial charge in [-0.15, -0.1) is 0 Å². The van der Waals surface area contributed by atoms with Crippen LogP contribution in [0.25, 0.3) is 16.0 Å². The number of nitrogens with zero attached hydrogens (tertiary/aromatic N) is 1. The summed E-state index contributed by atoms with van der Waals surface area (Å²) in [6.45, 7) is 18.3. The van der Waals surface area contributed by atoms with Crippen LogP contribution >= 0.6 is 11.8 Å². The molecule has 0 spiro atoms. The molecule has 2 unspecified atom stereocenters. The Morgan fingerprint density at radius 3 is 2.15 bits per heavy atom. The number of fused-ring (bicyclic) bond motifs is 2. The first-order valence-corrected chi connectivity index (χ1v) is 19.6. The molecule has 7 rings (SSSR count). The second-order valence-corrected chi connectivity index (χ2v) is 15.4. The fourth-order valence-corrected chi connectivity index (χ4v) is 8.46. The Balaban J connectivity index is 0.000000321. The van der Waals surface area contributed by atoms with Crippen molar-refractivity contribution in [2.45, 2.75) is 27.7 Å². The number of benzene rings is 4. The van der Waals surface area contributed by atoms with E-state index in [9.17, 15) is 0 Å². The van der Waals surface area contributed by atoms with Crippen molar-refractivity contribution in [1.82, 2.24) is 0 Å². The third kappa shape index (κ3) is 8.79. The second-order valence-electron chi connectivity index (χ2n) is 14.3. The van der Waals surface area contributed by atoms with Crippen molar-refractivity contribution < 1.29 is 0 Å². The lowest BCUT2D eigenvalue weighted by molar-refractivity contribution is 0.323. The van der Waals surface area contributed by atoms with E-state index in [-0.39, 0.29) is 5.41 Å². The zero-order valence-corrected chi connectivity index (χ0v) is 32.8. The Morgan fingerprint density at radius 1 is 0.759 bits per heavy atom. The number of hydrogen-bond acceptors (Lipinski definition) is 2. The molecule has 4 aromatic rings. The molecule has 1 heterocycles. The summed E-state index contributed by atoms with van der Waals surface area (Å²) in [7, 11) is 0. The first-order valence-electron chi connectivity index (χ1n) is 18.8. The molecule has 3 aliphatic rings. The van der Waals surface area contributed by atoms with Gasteiger partial charge in [0.1, 0.15) is 0 Å². The number of aryl methyl sites for hydroxylation is 1. The van der Waals surface area contributed by atoms with Gasteiger partial charge in [0.25, 0.3) is 0 Å². The van der Waals surface area contributed by atoms with Crippen LogP contribution in [-0.4, -0.2) is 6.54 Å². The molecule has 0 aromatic heterocycles. The van der Waals surface area contributed by atoms with E-state index in [2.05, 4.69) is 222 Å². The van der Waals surface area contributed by atoms with Crippen molar-refractivity contribution in [3.05, 3.63) is 234 Å². The number of hydrogen-bond donors (Lipinski definition) is 0. The van der Waals surface area contributed by atoms with Gasteiger partial charge in [-0.2, -0.15) is 0 Å². The number of thioether (sulfide) groups is 1. The van der Waals surface area contributed by atoms with Gasteiger partial charge in [0.2, 0.25) is 0 Å². The summed E-state index contributed by atoms with van der Waals surface area (Å²) >= 11 is 1.75. The minimum absolute atomic E-state index is 0.00578. The first kappa shape index (κ1) is 38.2. The Morgan fingerprint density at radius 2 is 1.43 bits per heavy atom. The van der Waals surface area contributed by atoms with Gasteiger partial charge < -0.3 is 4.90 Å². The Kier molecular flexibility index (Phi) is 12.7. The lowest BCUT2D eigenvalue weighted by Crippen LogP contribution is -2.23. The largest absolute Gasteiger partial charge is 0.337 e. The molecular formula is C52H51NS. The van der Waals surface area contributed by atoms with E-state index in [0.29, 0.717) is 11.8 Å². The van der Waals surface area contributed by atoms with Gasteiger partial charge in [0.05, 0.1) is 0 Å². The maximum Gasteiger partial charge on any atom is 0.0498 e. The van der Waals surface area contributed by atoms with E-state index in [1.54, 1.807) is 11.8 Å². The van der Waals surface area contributed by atoms with E-state index >= 15 is 0 Å². The molecule has 0 saturated carbocycles. The van der Waals surface area contributed by atoms with E-state index < -0.39 is 0 Å². The van der Waals surface area contributed by atoms with Crippen molar-refractivity contribution in [3.63, 3.8) is 0 Å². The first-order chi connectivity index (χ1) is 26.3. The Bertz CT molecular complexity index is 2180. The summed E-state index contributed by atoms with van der Waals surface area (Å²) in [6.07, 6.45) is 28.8. The van der Waals surface area contributed by atoms with Gasteiger partial charge in [-0.1, -0.05) is 214 Å². The summed E-state index contributed by atoms with van der Waals surface area (Å²) < 4.78 is 0. The predicted octanol–water partition coefficient (Wildman–Crippen LogP) is 14.6. The van der Waals surface area contributed by atoms with Crippen LogP contribution in [0.3, 0.4) is 0 Å². The van der Waals surface area contributed by atoms with Crippen molar-refractivity contribution >= 4 is 28.0 Å². The maximum atomic E-state index is 4.51. The third-order valence-corrected chi connectivity index (χ3v) is 11.4. The van der Waals surface area contributed by atoms with E-state index in [1.807, 2.05) is 12.1 Å². The molecule has 0 amide bonds. The Labute approximate surface area is 328 Å². The number of rotatable bonds is 5. The van der Waals surface area contributed by atoms with Crippen LogP contribution in [0, 0.1) is 24.2 Å². The highest BCUT2D eigenvalue weighted by atomic mass is 32.2. The number of anilines is 2. The monoisotopic (exact) mass is 721 g/mol. The van der Waals surface area contributed by atoms with E-state index in [4.69, 9.17) is 0 Å². The normalized spacial score (nSPS) is 23.6. The van der Waals surface area contributed by atoms with E-state index in [1.165, 1.54) is 55.3 Å². The molecule has 0 fully saturated rings. The highest BCUT2D eigenvalue weighted by Crippen LogP contribution is 2.53. The Hall–Kier alpha value is -5.57. The molecule has 1 aliphatic heterocycles. The molecular weight excluding hydrogens is 671 g/mol. The summed E-state index contributed by atoms with van der Waals surface area (Å²) in [6, 6.07) is 38.2. The van der Waals surface area contributed by atoms with Crippen molar-refractivity contribution in [3.8, 4) is 11.1 Å². The zero-order chi connectivity index (χ0) is 37.9. The molecule has 0 saturated heterocycles. The topological polar surface area (TPSA) is 3.24 Å². The number of allylic oxidation sites excluding steroid dienone is 15. The smallest absolute Gasteiger partial charge is 0.0498 e. The second kappa shape index (κ2) is 18.0. The molecule has 270 valence electrons. The van der Waals surface area contributed by atoms with Crippen molar-refractivity contribution in [1.29, 1.82) is 0 Å². The average Bonchev–Trinajstić information content (AvgIpc) is 3.38. The van der Waals surface area contributed by atoms with Crippen LogP contribution in [0.5, 0.6) is 0 Å². The van der Waals surface area contributed by atoms with Gasteiger partial charge in [-0.25, -0.2) is 0 Å². The lowest BCUT2D eigenvalue weighted by Gasteiger charge is -2.30. The zero-order valence-electron chi connectivity index (χ0n) is 32.0. The van der Waals surface area contributed by atoms with Crippen LogP contribution in [0.4, 0.5) is 11.4 Å². The maximum absolute atomic E-state index is 4.51. The van der Waals surface area contributed by atoms with Crippen molar-refractivity contribution in [2.24, 2.45) is 17.3 Å². The minimum atomic E-state index is 0.00578. The van der Waals surface area contributed by atoms with Gasteiger partial charge in [-0.05, 0) is 71.2 Å². The van der Waals surface area contributed by atoms with Crippen LogP contribution in [0.15, 0.2) is 223 Å². The van der Waals surface area contributed by atoms with Gasteiger partial charge >= 0.3 is 0 Å². The van der Waals surface area contributed by atoms with Crippen LogP contribution in [0.1, 0.15) is 31.9 Å². The summed E-state index contributed by atoms with van der Waals surface area (Å²) in [5, 5.41) is 0. The van der Waals surface area contributed by atoms with Gasteiger partial charge in [-0.3, -0.25) is 0 Å². The molecule has 2 atom stereocenters. The molecule has 0 radical (unpaired) electrons. The molecule has 0 N–H and O–H groups in total. The molecule has 0 bridgehead atoms. The quantitative estimate of drug-likeness (QED) is 0.202. The fourth-order valence-electron chi connectivity index (χ4n) is 7.50. The van der Waals surface area contributed by atoms with Gasteiger partial charge in [0.15, 0.2) is 0 Å². The highest BCUT2D eigenvalue weighted by Gasteiger charge is 2.43. The van der Waals surface area contributed by atoms with Crippen LogP contribution in [0.2, 0.25) is 0 Å². The summed E-state index contributed by atoms with van der Waals surface area (Å²) in [4.78, 5) is 4.61. The SMILES string of the molecule is C=CC1=C(/C=C\C)C(C)(C)C2\C=C\C=C/C(C3=C/CN(c4ccccc4)c4ccccc4C(=C)S\3)=C\C=C\C=C/C12.Cc1ccc(-c2ccccc2)cc1. The predicted molar refractivity (Wildman–Crippen MR) is 239 cm³/mol. The number of para-hydroxylation sites is 2. The minimum Gasteiger partial charge on any atom is -0.337 e. The van der Waals surface area contributed by atoms with Gasteiger partial charge in [0, 0.05) is 39.2 Å². The average molecular weight is 722 g/mol. The third-order valence-electron chi connectivity index (χ3n) is 10.4. The molecule has 54 heavy (non-hydrogen) atoms. The lowest BCUT2D eigenvalue weighted by atomic mass is 9.74.